The van der Waals surface area contributed by atoms with Crippen LogP contribution in [0, 0.1) is 6.92 Å². The molecule has 0 atom stereocenters. The predicted octanol–water partition coefficient (Wildman–Crippen LogP) is 4.44. The Bertz CT molecular complexity index is 1050. The van der Waals surface area contributed by atoms with Crippen molar-refractivity contribution in [3.05, 3.63) is 72.7 Å². The van der Waals surface area contributed by atoms with E-state index in [-0.39, 0.29) is 0 Å². The maximum absolute atomic E-state index is 4.66. The molecule has 25 heavy (non-hydrogen) atoms. The topological polar surface area (TPSA) is 33.4 Å². The minimum Gasteiger partial charge on any atom is -0.363 e. The zero-order valence-corrected chi connectivity index (χ0v) is 14.6. The molecule has 4 aromatic rings. The molecule has 0 radical (unpaired) electrons. The van der Waals surface area contributed by atoms with Crippen molar-refractivity contribution in [3.8, 4) is 22.4 Å². The summed E-state index contributed by atoms with van der Waals surface area (Å²) in [7, 11) is 4.05. The van der Waals surface area contributed by atoms with Crippen LogP contribution in [0.15, 0.2) is 67.1 Å². The van der Waals surface area contributed by atoms with E-state index in [4.69, 9.17) is 0 Å². The van der Waals surface area contributed by atoms with Gasteiger partial charge in [-0.2, -0.15) is 0 Å². The van der Waals surface area contributed by atoms with Gasteiger partial charge in [-0.05, 0) is 31.2 Å². The quantitative estimate of drug-likeness (QED) is 0.557. The van der Waals surface area contributed by atoms with Gasteiger partial charge in [0, 0.05) is 43.2 Å². The van der Waals surface area contributed by atoms with E-state index in [0.29, 0.717) is 0 Å². The molecule has 1 aromatic carbocycles. The van der Waals surface area contributed by atoms with Crippen molar-refractivity contribution in [2.45, 2.75) is 6.92 Å². The summed E-state index contributed by atoms with van der Waals surface area (Å²) in [5, 5.41) is 0. The summed E-state index contributed by atoms with van der Waals surface area (Å²) in [6.45, 7) is 2.10. The van der Waals surface area contributed by atoms with Crippen molar-refractivity contribution in [2.24, 2.45) is 0 Å². The first-order chi connectivity index (χ1) is 12.1. The molecule has 0 amide bonds. The number of aromatic nitrogens is 3. The maximum Gasteiger partial charge on any atom is 0.138 e. The van der Waals surface area contributed by atoms with Gasteiger partial charge in [0.2, 0.25) is 0 Å². The third-order valence-electron chi connectivity index (χ3n) is 4.35. The molecule has 4 heteroatoms. The van der Waals surface area contributed by atoms with Gasteiger partial charge in [0.15, 0.2) is 0 Å². The van der Waals surface area contributed by atoms with Crippen LogP contribution >= 0.6 is 0 Å². The zero-order chi connectivity index (χ0) is 17.4. The maximum atomic E-state index is 4.66. The highest BCUT2D eigenvalue weighted by Crippen LogP contribution is 2.31. The smallest absolute Gasteiger partial charge is 0.138 e. The highest BCUT2D eigenvalue weighted by atomic mass is 15.2. The van der Waals surface area contributed by atoms with Crippen LogP contribution in [-0.4, -0.2) is 28.5 Å². The fraction of sp³-hybridized carbons (Fsp3) is 0.143. The lowest BCUT2D eigenvalue weighted by Crippen LogP contribution is -2.11. The largest absolute Gasteiger partial charge is 0.363 e. The average molecular weight is 328 g/mol. The molecule has 4 rings (SSSR count). The number of aryl methyl sites for hydroxylation is 1. The molecule has 0 N–H and O–H groups in total. The third-order valence-corrected chi connectivity index (χ3v) is 4.35. The Hall–Kier alpha value is -3.14. The second kappa shape index (κ2) is 6.06. The molecule has 3 heterocycles. The van der Waals surface area contributed by atoms with Crippen molar-refractivity contribution in [1.29, 1.82) is 0 Å². The first kappa shape index (κ1) is 15.4. The summed E-state index contributed by atoms with van der Waals surface area (Å²) < 4.78 is 2.11. The van der Waals surface area contributed by atoms with Crippen LogP contribution in [0.1, 0.15) is 5.56 Å². The lowest BCUT2D eigenvalue weighted by molar-refractivity contribution is 1.04. The van der Waals surface area contributed by atoms with Crippen LogP contribution in [0.2, 0.25) is 0 Å². The van der Waals surface area contributed by atoms with Gasteiger partial charge in [-0.25, -0.2) is 4.98 Å². The summed E-state index contributed by atoms with van der Waals surface area (Å²) in [4.78, 5) is 11.2. The fourth-order valence-electron chi connectivity index (χ4n) is 3.12. The van der Waals surface area contributed by atoms with Crippen LogP contribution < -0.4 is 4.90 Å². The van der Waals surface area contributed by atoms with Crippen molar-refractivity contribution in [3.63, 3.8) is 0 Å². The average Bonchev–Trinajstić information content (AvgIpc) is 3.05. The Balaban J connectivity index is 1.91. The molecular weight excluding hydrogens is 308 g/mol. The summed E-state index contributed by atoms with van der Waals surface area (Å²) in [6, 6.07) is 16.7. The van der Waals surface area contributed by atoms with E-state index in [1.54, 1.807) is 0 Å². The molecule has 0 unspecified atom stereocenters. The Morgan fingerprint density at radius 1 is 0.920 bits per heavy atom. The standard InChI is InChI=1S/C21H20N4/c1-15-6-4-7-16(12-15)21-18(8-5-11-22-21)17-9-10-19-23-13-20(24(2)3)25(19)14-17/h4-14H,1-3H3. The number of hydrogen-bond donors (Lipinski definition) is 0. The minimum atomic E-state index is 0.938. The van der Waals surface area contributed by atoms with Crippen LogP contribution in [0.25, 0.3) is 28.0 Å². The van der Waals surface area contributed by atoms with Crippen molar-refractivity contribution >= 4 is 11.5 Å². The number of benzene rings is 1. The Morgan fingerprint density at radius 3 is 2.60 bits per heavy atom. The highest BCUT2D eigenvalue weighted by Gasteiger charge is 2.11. The predicted molar refractivity (Wildman–Crippen MR) is 103 cm³/mol. The lowest BCUT2D eigenvalue weighted by Gasteiger charge is -2.13. The van der Waals surface area contributed by atoms with Gasteiger partial charge in [0.1, 0.15) is 11.5 Å². The Kier molecular flexibility index (Phi) is 3.73. The van der Waals surface area contributed by atoms with Gasteiger partial charge in [-0.1, -0.05) is 29.8 Å². The van der Waals surface area contributed by atoms with E-state index < -0.39 is 0 Å². The van der Waals surface area contributed by atoms with Crippen molar-refractivity contribution in [1.82, 2.24) is 14.4 Å². The zero-order valence-electron chi connectivity index (χ0n) is 14.6. The van der Waals surface area contributed by atoms with E-state index in [0.717, 1.165) is 33.8 Å². The third kappa shape index (κ3) is 2.76. The molecule has 0 bridgehead atoms. The first-order valence-electron chi connectivity index (χ1n) is 8.30. The van der Waals surface area contributed by atoms with Crippen LogP contribution in [-0.2, 0) is 0 Å². The van der Waals surface area contributed by atoms with E-state index in [1.165, 1.54) is 5.56 Å². The number of pyridine rings is 2. The second-order valence-electron chi connectivity index (χ2n) is 6.43. The van der Waals surface area contributed by atoms with Gasteiger partial charge in [-0.15, -0.1) is 0 Å². The van der Waals surface area contributed by atoms with Gasteiger partial charge >= 0.3 is 0 Å². The summed E-state index contributed by atoms with van der Waals surface area (Å²) in [5.41, 5.74) is 6.54. The Labute approximate surface area is 147 Å². The Morgan fingerprint density at radius 2 is 1.80 bits per heavy atom. The molecule has 0 spiro atoms. The lowest BCUT2D eigenvalue weighted by atomic mass is 9.99. The molecular formula is C21H20N4. The molecule has 3 aromatic heterocycles. The molecule has 0 saturated heterocycles. The fourth-order valence-corrected chi connectivity index (χ4v) is 3.12. The number of rotatable bonds is 3. The molecule has 0 saturated carbocycles. The van der Waals surface area contributed by atoms with Crippen LogP contribution in [0.4, 0.5) is 5.82 Å². The number of hydrogen-bond acceptors (Lipinski definition) is 3. The van der Waals surface area contributed by atoms with Gasteiger partial charge < -0.3 is 4.90 Å². The van der Waals surface area contributed by atoms with Crippen LogP contribution in [0.5, 0.6) is 0 Å². The van der Waals surface area contributed by atoms with Crippen molar-refractivity contribution < 1.29 is 0 Å². The number of anilines is 1. The highest BCUT2D eigenvalue weighted by molar-refractivity contribution is 5.81. The van der Waals surface area contributed by atoms with Gasteiger partial charge in [0.25, 0.3) is 0 Å². The summed E-state index contributed by atoms with van der Waals surface area (Å²) in [5.74, 6) is 1.05. The number of imidazole rings is 1. The summed E-state index contributed by atoms with van der Waals surface area (Å²) in [6.07, 6.45) is 5.87. The molecule has 0 aliphatic carbocycles. The van der Waals surface area contributed by atoms with Gasteiger partial charge in [0.05, 0.1) is 11.9 Å². The van der Waals surface area contributed by atoms with Crippen LogP contribution in [0.3, 0.4) is 0 Å². The van der Waals surface area contributed by atoms with Crippen molar-refractivity contribution in [2.75, 3.05) is 19.0 Å². The van der Waals surface area contributed by atoms with E-state index >= 15 is 0 Å². The normalized spacial score (nSPS) is 11.0. The van der Waals surface area contributed by atoms with Gasteiger partial charge in [-0.3, -0.25) is 9.38 Å². The molecule has 0 aliphatic heterocycles. The number of fused-ring (bicyclic) bond motifs is 1. The minimum absolute atomic E-state index is 0.938. The molecule has 0 fully saturated rings. The SMILES string of the molecule is Cc1cccc(-c2ncccc2-c2ccc3ncc(N(C)C)n3c2)c1. The molecule has 4 nitrogen and oxygen atoms in total. The number of nitrogens with zero attached hydrogens (tertiary/aromatic N) is 4. The van der Waals surface area contributed by atoms with E-state index in [9.17, 15) is 0 Å². The monoisotopic (exact) mass is 328 g/mol. The van der Waals surface area contributed by atoms with E-state index in [1.807, 2.05) is 32.6 Å². The molecule has 0 aliphatic rings. The first-order valence-corrected chi connectivity index (χ1v) is 8.30. The molecule has 124 valence electrons. The second-order valence-corrected chi connectivity index (χ2v) is 6.43. The summed E-state index contributed by atoms with van der Waals surface area (Å²) >= 11 is 0. The van der Waals surface area contributed by atoms with E-state index in [2.05, 4.69) is 74.9 Å².